The van der Waals surface area contributed by atoms with Crippen molar-refractivity contribution in [2.24, 2.45) is 0 Å². The molecule has 1 aliphatic heterocycles. The zero-order valence-corrected chi connectivity index (χ0v) is 18.7. The van der Waals surface area contributed by atoms with E-state index in [1.807, 2.05) is 44.2 Å². The van der Waals surface area contributed by atoms with Crippen LogP contribution < -0.4 is 0 Å². The van der Waals surface area contributed by atoms with Gasteiger partial charge in [0, 0.05) is 29.0 Å². The maximum atomic E-state index is 13.0. The van der Waals surface area contributed by atoms with Gasteiger partial charge in [0.1, 0.15) is 0 Å². The zero-order valence-electron chi connectivity index (χ0n) is 16.3. The lowest BCUT2D eigenvalue weighted by Gasteiger charge is -2.29. The van der Waals surface area contributed by atoms with Crippen LogP contribution in [0.5, 0.6) is 0 Å². The van der Waals surface area contributed by atoms with Crippen LogP contribution in [0.15, 0.2) is 56.4 Å². The average molecular weight is 476 g/mol. The van der Waals surface area contributed by atoms with Crippen molar-refractivity contribution in [3.05, 3.63) is 64.0 Å². The number of aryl methyl sites for hydroxylation is 2. The molecule has 0 atom stereocenters. The Morgan fingerprint density at radius 3 is 2.48 bits per heavy atom. The molecule has 1 saturated heterocycles. The van der Waals surface area contributed by atoms with Gasteiger partial charge in [-0.2, -0.15) is 9.29 Å². The number of hydrogen-bond donors (Lipinski definition) is 0. The van der Waals surface area contributed by atoms with Crippen molar-refractivity contribution in [2.45, 2.75) is 37.5 Å². The van der Waals surface area contributed by atoms with Crippen LogP contribution in [0, 0.1) is 13.8 Å². The van der Waals surface area contributed by atoms with Gasteiger partial charge >= 0.3 is 0 Å². The quantitative estimate of drug-likeness (QED) is 0.547. The Labute approximate surface area is 179 Å². The second-order valence-corrected chi connectivity index (χ2v) is 10.2. The first-order valence-corrected chi connectivity index (χ1v) is 11.8. The van der Waals surface area contributed by atoms with Gasteiger partial charge in [-0.15, -0.1) is 0 Å². The van der Waals surface area contributed by atoms with Crippen molar-refractivity contribution in [3.8, 4) is 11.4 Å². The fourth-order valence-electron chi connectivity index (χ4n) is 3.52. The molecule has 3 aromatic rings. The average Bonchev–Trinajstić information content (AvgIpc) is 3.20. The number of piperidine rings is 1. The highest BCUT2D eigenvalue weighted by Crippen LogP contribution is 2.32. The molecular weight excluding hydrogens is 454 g/mol. The fraction of sp³-hybridized carbons (Fsp3) is 0.333. The van der Waals surface area contributed by atoms with Crippen molar-refractivity contribution < 1.29 is 12.9 Å². The summed E-state index contributed by atoms with van der Waals surface area (Å²) in [5, 5.41) is 4.11. The number of sulfonamides is 1. The van der Waals surface area contributed by atoms with E-state index in [1.165, 1.54) is 0 Å². The highest BCUT2D eigenvalue weighted by molar-refractivity contribution is 9.10. The molecule has 2 aromatic carbocycles. The Hall–Kier alpha value is -2.03. The van der Waals surface area contributed by atoms with Crippen molar-refractivity contribution in [3.63, 3.8) is 0 Å². The van der Waals surface area contributed by atoms with Crippen LogP contribution >= 0.6 is 15.9 Å². The zero-order chi connectivity index (χ0) is 20.6. The van der Waals surface area contributed by atoms with Crippen LogP contribution in [0.2, 0.25) is 0 Å². The lowest BCUT2D eigenvalue weighted by Crippen LogP contribution is -2.38. The number of benzene rings is 2. The van der Waals surface area contributed by atoms with E-state index in [-0.39, 0.29) is 5.92 Å². The standard InChI is InChI=1S/C21H22BrN3O3S/c1-14-7-8-17(13-15(14)2)29(26,27)25-11-9-16(10-12-25)21-23-20(24-28-21)18-5-3-4-6-19(18)22/h3-8,13,16H,9-12H2,1-2H3. The molecule has 1 aliphatic rings. The summed E-state index contributed by atoms with van der Waals surface area (Å²) in [6.45, 7) is 4.78. The molecule has 0 aliphatic carbocycles. The highest BCUT2D eigenvalue weighted by atomic mass is 79.9. The summed E-state index contributed by atoms with van der Waals surface area (Å²) in [6, 6.07) is 13.0. The largest absolute Gasteiger partial charge is 0.339 e. The molecule has 0 radical (unpaired) electrons. The smallest absolute Gasteiger partial charge is 0.243 e. The number of hydrogen-bond acceptors (Lipinski definition) is 5. The van der Waals surface area contributed by atoms with E-state index in [1.54, 1.807) is 16.4 Å². The van der Waals surface area contributed by atoms with Gasteiger partial charge < -0.3 is 4.52 Å². The Morgan fingerprint density at radius 2 is 1.79 bits per heavy atom. The first-order valence-electron chi connectivity index (χ1n) is 9.52. The molecule has 0 amide bonds. The molecule has 0 N–H and O–H groups in total. The summed E-state index contributed by atoms with van der Waals surface area (Å²) < 4.78 is 33.9. The van der Waals surface area contributed by atoms with Crippen LogP contribution in [0.25, 0.3) is 11.4 Å². The second-order valence-electron chi connectivity index (χ2n) is 7.36. The van der Waals surface area contributed by atoms with E-state index in [9.17, 15) is 8.42 Å². The maximum Gasteiger partial charge on any atom is 0.243 e. The van der Waals surface area contributed by atoms with Crippen LogP contribution in [-0.4, -0.2) is 36.0 Å². The minimum absolute atomic E-state index is 0.0601. The van der Waals surface area contributed by atoms with E-state index in [0.717, 1.165) is 21.2 Å². The third kappa shape index (κ3) is 4.01. The van der Waals surface area contributed by atoms with Crippen LogP contribution in [0.1, 0.15) is 35.8 Å². The molecule has 4 rings (SSSR count). The first-order chi connectivity index (χ1) is 13.9. The Morgan fingerprint density at radius 1 is 1.07 bits per heavy atom. The van der Waals surface area contributed by atoms with Gasteiger partial charge in [0.2, 0.25) is 21.7 Å². The molecular formula is C21H22BrN3O3S. The van der Waals surface area contributed by atoms with Crippen molar-refractivity contribution >= 4 is 26.0 Å². The molecule has 1 aromatic heterocycles. The number of nitrogens with zero attached hydrogens (tertiary/aromatic N) is 3. The van der Waals surface area contributed by atoms with E-state index in [4.69, 9.17) is 4.52 Å². The van der Waals surface area contributed by atoms with E-state index in [2.05, 4.69) is 26.1 Å². The predicted molar refractivity (Wildman–Crippen MR) is 114 cm³/mol. The highest BCUT2D eigenvalue weighted by Gasteiger charge is 2.32. The molecule has 8 heteroatoms. The second kappa shape index (κ2) is 8.01. The Kier molecular flexibility index (Phi) is 5.59. The molecule has 152 valence electrons. The molecule has 0 bridgehead atoms. The molecule has 2 heterocycles. The van der Waals surface area contributed by atoms with E-state index in [0.29, 0.717) is 42.5 Å². The van der Waals surface area contributed by atoms with Gasteiger partial charge in [0.25, 0.3) is 0 Å². The topological polar surface area (TPSA) is 76.3 Å². The normalized spacial score (nSPS) is 16.2. The number of halogens is 1. The summed E-state index contributed by atoms with van der Waals surface area (Å²) in [5.41, 5.74) is 2.93. The van der Waals surface area contributed by atoms with E-state index < -0.39 is 10.0 Å². The summed E-state index contributed by atoms with van der Waals surface area (Å²) in [5.74, 6) is 1.17. The number of rotatable bonds is 4. The van der Waals surface area contributed by atoms with Crippen LogP contribution in [-0.2, 0) is 10.0 Å². The van der Waals surface area contributed by atoms with Gasteiger partial charge in [0.05, 0.1) is 4.90 Å². The molecule has 0 saturated carbocycles. The van der Waals surface area contributed by atoms with E-state index >= 15 is 0 Å². The van der Waals surface area contributed by atoms with Gasteiger partial charge in [-0.25, -0.2) is 8.42 Å². The summed E-state index contributed by atoms with van der Waals surface area (Å²) in [7, 11) is -3.49. The monoisotopic (exact) mass is 475 g/mol. The maximum absolute atomic E-state index is 13.0. The molecule has 1 fully saturated rings. The fourth-order valence-corrected chi connectivity index (χ4v) is 5.54. The third-order valence-electron chi connectivity index (χ3n) is 5.48. The Balaban J connectivity index is 1.47. The molecule has 0 spiro atoms. The van der Waals surface area contributed by atoms with Gasteiger partial charge in [-0.3, -0.25) is 0 Å². The van der Waals surface area contributed by atoms with Gasteiger partial charge in [-0.05, 0) is 62.1 Å². The summed E-state index contributed by atoms with van der Waals surface area (Å²) in [4.78, 5) is 4.91. The van der Waals surface area contributed by atoms with Crippen molar-refractivity contribution in [1.29, 1.82) is 0 Å². The lowest BCUT2D eigenvalue weighted by molar-refractivity contribution is 0.271. The summed E-state index contributed by atoms with van der Waals surface area (Å²) in [6.07, 6.45) is 1.31. The predicted octanol–water partition coefficient (Wildman–Crippen LogP) is 4.68. The summed E-state index contributed by atoms with van der Waals surface area (Å²) >= 11 is 3.50. The first kappa shape index (κ1) is 20.3. The van der Waals surface area contributed by atoms with Crippen LogP contribution in [0.4, 0.5) is 0 Å². The minimum Gasteiger partial charge on any atom is -0.339 e. The lowest BCUT2D eigenvalue weighted by atomic mass is 9.98. The Bertz CT molecular complexity index is 1140. The third-order valence-corrected chi connectivity index (χ3v) is 8.06. The molecule has 0 unspecified atom stereocenters. The number of aromatic nitrogens is 2. The van der Waals surface area contributed by atoms with Gasteiger partial charge in [0.15, 0.2) is 0 Å². The molecule has 29 heavy (non-hydrogen) atoms. The molecule has 6 nitrogen and oxygen atoms in total. The minimum atomic E-state index is -3.49. The SMILES string of the molecule is Cc1ccc(S(=O)(=O)N2CCC(c3nc(-c4ccccc4Br)no3)CC2)cc1C. The van der Waals surface area contributed by atoms with Gasteiger partial charge in [-0.1, -0.05) is 39.3 Å². The van der Waals surface area contributed by atoms with Crippen molar-refractivity contribution in [2.75, 3.05) is 13.1 Å². The van der Waals surface area contributed by atoms with Crippen molar-refractivity contribution in [1.82, 2.24) is 14.4 Å². The van der Waals surface area contributed by atoms with Crippen LogP contribution in [0.3, 0.4) is 0 Å².